The van der Waals surface area contributed by atoms with Crippen molar-refractivity contribution in [2.24, 2.45) is 0 Å². The predicted octanol–water partition coefficient (Wildman–Crippen LogP) is 16.4. The normalized spacial score (nSPS) is 13.2. The smallest absolute Gasteiger partial charge is 0.306 e. The second-order valence-electron chi connectivity index (χ2n) is 15.6. The summed E-state index contributed by atoms with van der Waals surface area (Å²) in [6.07, 6.45) is 68.1. The predicted molar refractivity (Wildman–Crippen MR) is 260 cm³/mol. The number of hydrogen-bond donors (Lipinski definition) is 0. The fourth-order valence-corrected chi connectivity index (χ4v) is 6.26. The second kappa shape index (κ2) is 49.9. The van der Waals surface area contributed by atoms with Crippen molar-refractivity contribution in [2.75, 3.05) is 19.8 Å². The molecule has 5 heteroatoms. The molecule has 0 radical (unpaired) electrons. The maximum atomic E-state index is 12.8. The topological polar surface area (TPSA) is 61.8 Å². The van der Waals surface area contributed by atoms with Crippen LogP contribution in [0.3, 0.4) is 0 Å². The van der Waals surface area contributed by atoms with E-state index in [-0.39, 0.29) is 25.2 Å². The van der Waals surface area contributed by atoms with Gasteiger partial charge in [-0.1, -0.05) is 182 Å². The standard InChI is InChI=1S/C55H90O5/c1-4-7-10-13-16-19-22-25-27-29-32-35-38-41-44-47-50-58-51-53(60-55(57)49-46-43-40-37-34-30-24-21-18-15-12-9-6-3)52-59-54(56)48-45-42-39-36-33-31-28-26-23-20-17-14-11-8-5-2/h7-12,16-21,25-28,30,34,53H,4-6,13-15,22-24,29,31-33,35-52H2,1-3H3/b10-7-,11-8-,12-9-,19-16-,20-17-,21-18-,27-25-,28-26-,34-30-. The van der Waals surface area contributed by atoms with Gasteiger partial charge in [-0.25, -0.2) is 0 Å². The van der Waals surface area contributed by atoms with Gasteiger partial charge in [-0.2, -0.15) is 0 Å². The van der Waals surface area contributed by atoms with Crippen molar-refractivity contribution < 1.29 is 23.8 Å². The molecule has 340 valence electrons. The Morgan fingerprint density at radius 2 is 0.700 bits per heavy atom. The fourth-order valence-electron chi connectivity index (χ4n) is 6.26. The Bertz CT molecular complexity index is 1210. The molecule has 0 aliphatic carbocycles. The Morgan fingerprint density at radius 1 is 0.367 bits per heavy atom. The lowest BCUT2D eigenvalue weighted by atomic mass is 10.1. The van der Waals surface area contributed by atoms with E-state index >= 15 is 0 Å². The third-order valence-corrected chi connectivity index (χ3v) is 9.79. The molecule has 1 atom stereocenters. The Labute approximate surface area is 370 Å². The molecule has 0 bridgehead atoms. The molecule has 0 aliphatic rings. The minimum absolute atomic E-state index is 0.0523. The van der Waals surface area contributed by atoms with Crippen LogP contribution in [0.15, 0.2) is 109 Å². The number of allylic oxidation sites excluding steroid dienone is 18. The van der Waals surface area contributed by atoms with E-state index in [1.165, 1.54) is 38.5 Å². The maximum Gasteiger partial charge on any atom is 0.306 e. The van der Waals surface area contributed by atoms with Gasteiger partial charge in [-0.3, -0.25) is 9.59 Å². The van der Waals surface area contributed by atoms with E-state index in [2.05, 4.69) is 130 Å². The Kier molecular flexibility index (Phi) is 47.1. The van der Waals surface area contributed by atoms with Crippen molar-refractivity contribution in [3.8, 4) is 0 Å². The van der Waals surface area contributed by atoms with Crippen molar-refractivity contribution in [2.45, 2.75) is 207 Å². The van der Waals surface area contributed by atoms with Gasteiger partial charge >= 0.3 is 11.9 Å². The number of carbonyl (C=O) groups is 2. The van der Waals surface area contributed by atoms with E-state index in [0.29, 0.717) is 19.4 Å². The zero-order valence-corrected chi connectivity index (χ0v) is 38.9. The van der Waals surface area contributed by atoms with Gasteiger partial charge in [-0.05, 0) is 116 Å². The van der Waals surface area contributed by atoms with Gasteiger partial charge in [-0.15, -0.1) is 0 Å². The Morgan fingerprint density at radius 3 is 1.13 bits per heavy atom. The molecule has 0 aromatic rings. The molecule has 5 nitrogen and oxygen atoms in total. The summed E-state index contributed by atoms with van der Waals surface area (Å²) >= 11 is 0. The summed E-state index contributed by atoms with van der Waals surface area (Å²) in [5.74, 6) is -0.466. The number of hydrogen-bond acceptors (Lipinski definition) is 5. The largest absolute Gasteiger partial charge is 0.462 e. The van der Waals surface area contributed by atoms with Gasteiger partial charge in [0.05, 0.1) is 6.61 Å². The molecule has 0 amide bonds. The summed E-state index contributed by atoms with van der Waals surface area (Å²) in [5, 5.41) is 0. The molecule has 0 N–H and O–H groups in total. The van der Waals surface area contributed by atoms with Crippen LogP contribution in [0.2, 0.25) is 0 Å². The Balaban J connectivity index is 4.38. The molecule has 0 heterocycles. The summed E-state index contributed by atoms with van der Waals surface area (Å²) in [7, 11) is 0. The van der Waals surface area contributed by atoms with Gasteiger partial charge in [0.1, 0.15) is 6.61 Å². The molecule has 0 spiro atoms. The zero-order chi connectivity index (χ0) is 43.5. The molecule has 1 unspecified atom stereocenters. The minimum atomic E-state index is -0.571. The van der Waals surface area contributed by atoms with E-state index in [1.807, 2.05) is 0 Å². The summed E-state index contributed by atoms with van der Waals surface area (Å²) in [4.78, 5) is 25.3. The summed E-state index contributed by atoms with van der Waals surface area (Å²) in [6.45, 7) is 7.40. The fraction of sp³-hybridized carbons (Fsp3) is 0.636. The van der Waals surface area contributed by atoms with E-state index < -0.39 is 6.10 Å². The molecule has 0 aromatic carbocycles. The van der Waals surface area contributed by atoms with Crippen LogP contribution in [0.1, 0.15) is 201 Å². The minimum Gasteiger partial charge on any atom is -0.462 e. The quantitative estimate of drug-likeness (QED) is 0.0348. The highest BCUT2D eigenvalue weighted by Gasteiger charge is 2.17. The van der Waals surface area contributed by atoms with Crippen LogP contribution < -0.4 is 0 Å². The van der Waals surface area contributed by atoms with E-state index in [1.54, 1.807) is 0 Å². The number of carbonyl (C=O) groups excluding carboxylic acids is 2. The molecular formula is C55H90O5. The van der Waals surface area contributed by atoms with E-state index in [0.717, 1.165) is 128 Å². The van der Waals surface area contributed by atoms with Gasteiger partial charge < -0.3 is 14.2 Å². The van der Waals surface area contributed by atoms with Crippen LogP contribution in [0, 0.1) is 0 Å². The number of ether oxygens (including phenoxy) is 3. The molecule has 0 fully saturated rings. The summed E-state index contributed by atoms with van der Waals surface area (Å²) < 4.78 is 17.3. The third kappa shape index (κ3) is 47.2. The van der Waals surface area contributed by atoms with E-state index in [9.17, 15) is 9.59 Å². The first-order valence-corrected chi connectivity index (χ1v) is 24.4. The highest BCUT2D eigenvalue weighted by molar-refractivity contribution is 5.70. The molecule has 0 aliphatic heterocycles. The number of esters is 2. The summed E-state index contributed by atoms with van der Waals surface area (Å²) in [6, 6.07) is 0. The maximum absolute atomic E-state index is 12.8. The average molecular weight is 831 g/mol. The third-order valence-electron chi connectivity index (χ3n) is 9.79. The molecule has 0 saturated heterocycles. The lowest BCUT2D eigenvalue weighted by molar-refractivity contribution is -0.163. The van der Waals surface area contributed by atoms with Crippen LogP contribution >= 0.6 is 0 Å². The monoisotopic (exact) mass is 831 g/mol. The van der Waals surface area contributed by atoms with E-state index in [4.69, 9.17) is 14.2 Å². The first-order chi connectivity index (χ1) is 29.6. The van der Waals surface area contributed by atoms with Gasteiger partial charge in [0.25, 0.3) is 0 Å². The lowest BCUT2D eigenvalue weighted by Gasteiger charge is -2.18. The Hall–Kier alpha value is -3.44. The molecular weight excluding hydrogens is 741 g/mol. The average Bonchev–Trinajstić information content (AvgIpc) is 3.25. The lowest BCUT2D eigenvalue weighted by Crippen LogP contribution is -2.30. The molecule has 60 heavy (non-hydrogen) atoms. The van der Waals surface area contributed by atoms with Crippen LogP contribution in [0.4, 0.5) is 0 Å². The van der Waals surface area contributed by atoms with Gasteiger partial charge in [0.2, 0.25) is 0 Å². The number of rotatable bonds is 43. The van der Waals surface area contributed by atoms with Crippen LogP contribution in [0.5, 0.6) is 0 Å². The van der Waals surface area contributed by atoms with Crippen molar-refractivity contribution in [3.05, 3.63) is 109 Å². The highest BCUT2D eigenvalue weighted by atomic mass is 16.6. The molecule has 0 saturated carbocycles. The molecule has 0 rings (SSSR count). The second-order valence-corrected chi connectivity index (χ2v) is 15.6. The van der Waals surface area contributed by atoms with Crippen LogP contribution in [-0.2, 0) is 23.8 Å². The van der Waals surface area contributed by atoms with Crippen molar-refractivity contribution in [3.63, 3.8) is 0 Å². The SMILES string of the molecule is CC/C=C\C/C=C\C/C=C\CCCCCCCCOCC(COC(=O)CCCCCCC/C=C\C/C=C\C/C=C\CC)OC(=O)CCCCC/C=C\C/C=C\C/C=C\CC. The van der Waals surface area contributed by atoms with Gasteiger partial charge in [0.15, 0.2) is 6.10 Å². The van der Waals surface area contributed by atoms with Crippen molar-refractivity contribution >= 4 is 11.9 Å². The number of unbranched alkanes of at least 4 members (excludes halogenated alkanes) is 14. The van der Waals surface area contributed by atoms with Crippen molar-refractivity contribution in [1.29, 1.82) is 0 Å². The highest BCUT2D eigenvalue weighted by Crippen LogP contribution is 2.12. The first kappa shape index (κ1) is 56.6. The first-order valence-electron chi connectivity index (χ1n) is 24.4. The molecule has 0 aromatic heterocycles. The van der Waals surface area contributed by atoms with Crippen molar-refractivity contribution in [1.82, 2.24) is 0 Å². The zero-order valence-electron chi connectivity index (χ0n) is 38.9. The summed E-state index contributed by atoms with van der Waals surface area (Å²) in [5.41, 5.74) is 0. The van der Waals surface area contributed by atoms with Gasteiger partial charge in [0, 0.05) is 19.4 Å². The van der Waals surface area contributed by atoms with Crippen LogP contribution in [-0.4, -0.2) is 37.9 Å². The van der Waals surface area contributed by atoms with Crippen LogP contribution in [0.25, 0.3) is 0 Å².